The van der Waals surface area contributed by atoms with Crippen molar-refractivity contribution in [1.82, 2.24) is 19.8 Å². The lowest BCUT2D eigenvalue weighted by atomic mass is 9.96. The molecule has 3 rings (SSSR count). The van der Waals surface area contributed by atoms with Crippen LogP contribution in [0.4, 0.5) is 5.95 Å². The number of anilines is 1. The highest BCUT2D eigenvalue weighted by atomic mass is 16.2. The van der Waals surface area contributed by atoms with Gasteiger partial charge in [0.1, 0.15) is 0 Å². The molecule has 24 heavy (non-hydrogen) atoms. The molecule has 0 radical (unpaired) electrons. The SMILES string of the molecule is CCC1CN(C(=O)C2CCCN(c3ncccn3)C2)CC1N(C)C. The third kappa shape index (κ3) is 3.53. The molecule has 2 saturated heterocycles. The van der Waals surface area contributed by atoms with E-state index in [1.807, 2.05) is 6.07 Å². The summed E-state index contributed by atoms with van der Waals surface area (Å²) in [5.74, 6) is 1.72. The quantitative estimate of drug-likeness (QED) is 0.837. The number of aromatic nitrogens is 2. The van der Waals surface area contributed by atoms with Gasteiger partial charge in [-0.05, 0) is 38.9 Å². The molecule has 1 aromatic heterocycles. The molecular formula is C18H29N5O. The van der Waals surface area contributed by atoms with Gasteiger partial charge in [-0.25, -0.2) is 9.97 Å². The van der Waals surface area contributed by atoms with Crippen molar-refractivity contribution in [3.8, 4) is 0 Å². The van der Waals surface area contributed by atoms with E-state index in [-0.39, 0.29) is 5.92 Å². The van der Waals surface area contributed by atoms with Crippen molar-refractivity contribution in [3.05, 3.63) is 18.5 Å². The lowest BCUT2D eigenvalue weighted by Crippen LogP contribution is -2.45. The fourth-order valence-electron chi connectivity index (χ4n) is 4.09. The molecule has 132 valence electrons. The number of likely N-dealkylation sites (tertiary alicyclic amines) is 1. The fourth-order valence-corrected chi connectivity index (χ4v) is 4.09. The first-order valence-corrected chi connectivity index (χ1v) is 9.07. The maximum absolute atomic E-state index is 13.0. The summed E-state index contributed by atoms with van der Waals surface area (Å²) < 4.78 is 0. The molecule has 0 aromatic carbocycles. The number of hydrogen-bond acceptors (Lipinski definition) is 5. The van der Waals surface area contributed by atoms with Crippen molar-refractivity contribution >= 4 is 11.9 Å². The van der Waals surface area contributed by atoms with Gasteiger partial charge in [-0.15, -0.1) is 0 Å². The van der Waals surface area contributed by atoms with Gasteiger partial charge in [0.15, 0.2) is 0 Å². The summed E-state index contributed by atoms with van der Waals surface area (Å²) in [6, 6.07) is 2.31. The van der Waals surface area contributed by atoms with Crippen LogP contribution < -0.4 is 4.90 Å². The van der Waals surface area contributed by atoms with Crippen LogP contribution in [0.3, 0.4) is 0 Å². The third-order valence-corrected chi connectivity index (χ3v) is 5.51. The highest BCUT2D eigenvalue weighted by molar-refractivity contribution is 5.80. The first kappa shape index (κ1) is 17.1. The molecule has 3 unspecified atom stereocenters. The van der Waals surface area contributed by atoms with Gasteiger partial charge in [0.2, 0.25) is 11.9 Å². The Bertz CT molecular complexity index is 550. The molecule has 1 aromatic rings. The number of nitrogens with zero attached hydrogens (tertiary/aromatic N) is 5. The van der Waals surface area contributed by atoms with E-state index in [0.717, 1.165) is 51.4 Å². The first-order valence-electron chi connectivity index (χ1n) is 9.07. The zero-order chi connectivity index (χ0) is 17.1. The molecule has 0 saturated carbocycles. The van der Waals surface area contributed by atoms with Crippen LogP contribution in [0.1, 0.15) is 26.2 Å². The lowest BCUT2D eigenvalue weighted by Gasteiger charge is -2.34. The Morgan fingerprint density at radius 3 is 2.62 bits per heavy atom. The van der Waals surface area contributed by atoms with Crippen LogP contribution in [-0.4, -0.2) is 72.0 Å². The fraction of sp³-hybridized carbons (Fsp3) is 0.722. The van der Waals surface area contributed by atoms with E-state index < -0.39 is 0 Å². The van der Waals surface area contributed by atoms with E-state index >= 15 is 0 Å². The Hall–Kier alpha value is -1.69. The molecule has 0 N–H and O–H groups in total. The molecule has 0 aliphatic carbocycles. The van der Waals surface area contributed by atoms with Gasteiger partial charge in [-0.3, -0.25) is 4.79 Å². The van der Waals surface area contributed by atoms with Crippen LogP contribution in [0.2, 0.25) is 0 Å². The largest absolute Gasteiger partial charge is 0.340 e. The molecule has 3 heterocycles. The zero-order valence-electron chi connectivity index (χ0n) is 15.1. The summed E-state index contributed by atoms with van der Waals surface area (Å²) in [6.45, 7) is 5.66. The maximum atomic E-state index is 13.0. The molecule has 6 heteroatoms. The van der Waals surface area contributed by atoms with Gasteiger partial charge in [0.05, 0.1) is 5.92 Å². The second-order valence-electron chi connectivity index (χ2n) is 7.28. The second-order valence-corrected chi connectivity index (χ2v) is 7.28. The highest BCUT2D eigenvalue weighted by Crippen LogP contribution is 2.28. The molecular weight excluding hydrogens is 302 g/mol. The lowest BCUT2D eigenvalue weighted by molar-refractivity contribution is -0.135. The molecule has 0 bridgehead atoms. The van der Waals surface area contributed by atoms with Gasteiger partial charge < -0.3 is 14.7 Å². The molecule has 2 aliphatic rings. The molecule has 3 atom stereocenters. The molecule has 2 fully saturated rings. The Morgan fingerprint density at radius 2 is 2.00 bits per heavy atom. The Balaban J connectivity index is 1.65. The maximum Gasteiger partial charge on any atom is 0.227 e. The van der Waals surface area contributed by atoms with Gasteiger partial charge in [0, 0.05) is 44.6 Å². The van der Waals surface area contributed by atoms with Crippen LogP contribution in [-0.2, 0) is 4.79 Å². The van der Waals surface area contributed by atoms with Gasteiger partial charge in [0.25, 0.3) is 0 Å². The minimum absolute atomic E-state index is 0.0703. The van der Waals surface area contributed by atoms with Crippen molar-refractivity contribution in [1.29, 1.82) is 0 Å². The van der Waals surface area contributed by atoms with E-state index in [0.29, 0.717) is 17.9 Å². The smallest absolute Gasteiger partial charge is 0.227 e. The monoisotopic (exact) mass is 331 g/mol. The number of likely N-dealkylation sites (N-methyl/N-ethyl adjacent to an activating group) is 1. The van der Waals surface area contributed by atoms with Crippen LogP contribution in [0.25, 0.3) is 0 Å². The highest BCUT2D eigenvalue weighted by Gasteiger charge is 2.38. The zero-order valence-corrected chi connectivity index (χ0v) is 15.1. The summed E-state index contributed by atoms with van der Waals surface area (Å²) in [5.41, 5.74) is 0. The van der Waals surface area contributed by atoms with E-state index in [1.165, 1.54) is 0 Å². The van der Waals surface area contributed by atoms with E-state index in [2.05, 4.69) is 45.7 Å². The summed E-state index contributed by atoms with van der Waals surface area (Å²) in [7, 11) is 4.24. The predicted molar refractivity (Wildman–Crippen MR) is 94.8 cm³/mol. The van der Waals surface area contributed by atoms with E-state index in [1.54, 1.807) is 12.4 Å². The summed E-state index contributed by atoms with van der Waals surface area (Å²) >= 11 is 0. The Labute approximate surface area is 144 Å². The first-order chi connectivity index (χ1) is 11.6. The van der Waals surface area contributed by atoms with Crippen molar-refractivity contribution in [2.24, 2.45) is 11.8 Å². The topological polar surface area (TPSA) is 52.6 Å². The Kier molecular flexibility index (Phi) is 5.33. The predicted octanol–water partition coefficient (Wildman–Crippen LogP) is 1.49. The number of carbonyl (C=O) groups excluding carboxylic acids is 1. The Morgan fingerprint density at radius 1 is 1.25 bits per heavy atom. The van der Waals surface area contributed by atoms with E-state index in [9.17, 15) is 4.79 Å². The number of carbonyl (C=O) groups is 1. The van der Waals surface area contributed by atoms with Gasteiger partial charge >= 0.3 is 0 Å². The van der Waals surface area contributed by atoms with Crippen LogP contribution in [0.15, 0.2) is 18.5 Å². The second kappa shape index (κ2) is 7.47. The normalized spacial score (nSPS) is 27.8. The average molecular weight is 331 g/mol. The summed E-state index contributed by atoms with van der Waals surface area (Å²) in [6.07, 6.45) is 6.66. The number of rotatable bonds is 4. The van der Waals surface area contributed by atoms with Crippen molar-refractivity contribution in [2.45, 2.75) is 32.2 Å². The summed E-state index contributed by atoms with van der Waals surface area (Å²) in [5, 5.41) is 0. The van der Waals surface area contributed by atoms with Crippen molar-refractivity contribution in [3.63, 3.8) is 0 Å². The van der Waals surface area contributed by atoms with Crippen LogP contribution in [0.5, 0.6) is 0 Å². The van der Waals surface area contributed by atoms with E-state index in [4.69, 9.17) is 0 Å². The minimum atomic E-state index is 0.0703. The summed E-state index contributed by atoms with van der Waals surface area (Å²) in [4.78, 5) is 28.2. The van der Waals surface area contributed by atoms with Crippen LogP contribution >= 0.6 is 0 Å². The molecule has 1 amide bonds. The molecule has 2 aliphatic heterocycles. The van der Waals surface area contributed by atoms with Crippen molar-refractivity contribution < 1.29 is 4.79 Å². The average Bonchev–Trinajstić information content (AvgIpc) is 3.06. The van der Waals surface area contributed by atoms with Crippen molar-refractivity contribution in [2.75, 3.05) is 45.2 Å². The number of hydrogen-bond donors (Lipinski definition) is 0. The van der Waals surface area contributed by atoms with Crippen LogP contribution in [0, 0.1) is 11.8 Å². The minimum Gasteiger partial charge on any atom is -0.340 e. The third-order valence-electron chi connectivity index (χ3n) is 5.51. The number of amides is 1. The number of piperidine rings is 1. The molecule has 6 nitrogen and oxygen atoms in total. The van der Waals surface area contributed by atoms with Gasteiger partial charge in [-0.1, -0.05) is 13.3 Å². The standard InChI is InChI=1S/C18H29N5O/c1-4-14-11-23(13-16(14)21(2)3)17(24)15-7-5-10-22(12-15)18-19-8-6-9-20-18/h6,8-9,14-16H,4-5,7,10-13H2,1-3H3. The molecule has 0 spiro atoms. The van der Waals surface area contributed by atoms with Gasteiger partial charge in [-0.2, -0.15) is 0 Å².